The van der Waals surface area contributed by atoms with Gasteiger partial charge in [0.25, 0.3) is 0 Å². The minimum absolute atomic E-state index is 0.894. The lowest BCUT2D eigenvalue weighted by atomic mass is 9.91. The van der Waals surface area contributed by atoms with E-state index in [1.807, 2.05) is 0 Å². The van der Waals surface area contributed by atoms with Crippen LogP contribution in [-0.4, -0.2) is 0 Å². The van der Waals surface area contributed by atoms with E-state index in [2.05, 4.69) is 207 Å². The lowest BCUT2D eigenvalue weighted by Gasteiger charge is -2.29. The molecule has 12 aromatic rings. The number of furan rings is 2. The number of para-hydroxylation sites is 4. The molecule has 2 aromatic heterocycles. The van der Waals surface area contributed by atoms with Gasteiger partial charge in [-0.2, -0.15) is 0 Å². The minimum atomic E-state index is 0.894. The van der Waals surface area contributed by atoms with E-state index >= 15 is 0 Å². The van der Waals surface area contributed by atoms with E-state index in [-0.39, 0.29) is 0 Å². The first-order valence-electron chi connectivity index (χ1n) is 22.8. The molecule has 0 spiro atoms. The molecule has 0 aliphatic carbocycles. The second kappa shape index (κ2) is 15.1. The predicted octanol–water partition coefficient (Wildman–Crippen LogP) is 17.8. The summed E-state index contributed by atoms with van der Waals surface area (Å²) in [6, 6.07) is 62.4. The summed E-state index contributed by atoms with van der Waals surface area (Å²) < 4.78 is 14.0. The Kier molecular flexibility index (Phi) is 8.98. The van der Waals surface area contributed by atoms with Crippen LogP contribution in [0.25, 0.3) is 76.2 Å². The van der Waals surface area contributed by atoms with Crippen molar-refractivity contribution in [3.05, 3.63) is 192 Å². The van der Waals surface area contributed by atoms with Gasteiger partial charge >= 0.3 is 0 Å². The summed E-state index contributed by atoms with van der Waals surface area (Å²) in [5.74, 6) is 0. The third-order valence-corrected chi connectivity index (χ3v) is 13.3. The first kappa shape index (κ1) is 38.1. The van der Waals surface area contributed by atoms with Crippen LogP contribution in [0.4, 0.5) is 34.1 Å². The second-order valence-corrected chi connectivity index (χ2v) is 17.5. The fourth-order valence-corrected chi connectivity index (χ4v) is 10.5. The van der Waals surface area contributed by atoms with Gasteiger partial charge in [-0.1, -0.05) is 148 Å². The molecule has 0 atom stereocenters. The van der Waals surface area contributed by atoms with Crippen molar-refractivity contribution in [3.8, 4) is 0 Å². The molecule has 4 heteroatoms. The summed E-state index contributed by atoms with van der Waals surface area (Å²) >= 11 is 0. The molecule has 10 aromatic carbocycles. The highest BCUT2D eigenvalue weighted by Gasteiger charge is 2.26. The Hall–Kier alpha value is -7.56. The largest absolute Gasteiger partial charge is 0.454 e. The number of fused-ring (bicyclic) bond motifs is 6. The molecular formula is C60H48N2O2. The molecule has 4 nitrogen and oxygen atoms in total. The monoisotopic (exact) mass is 828 g/mol. The van der Waals surface area contributed by atoms with Crippen LogP contribution in [0.2, 0.25) is 0 Å². The SMILES string of the molecule is CCCc1cccc2c1oc1c(N(c3cccc(C)c3)c3ccc4ccc5c(N(c6cccc(C)c6)c6cccc7c6oc6c(CCC)cccc67)ccc6ccc3c4c65)cccc12. The van der Waals surface area contributed by atoms with E-state index in [1.165, 1.54) is 54.6 Å². The molecule has 0 fully saturated rings. The Morgan fingerprint density at radius 3 is 1.17 bits per heavy atom. The first-order chi connectivity index (χ1) is 31.5. The van der Waals surface area contributed by atoms with Gasteiger partial charge in [-0.3, -0.25) is 0 Å². The molecule has 0 N–H and O–H groups in total. The van der Waals surface area contributed by atoms with E-state index in [0.717, 1.165) is 104 Å². The number of rotatable bonds is 10. The highest BCUT2D eigenvalue weighted by molar-refractivity contribution is 6.28. The summed E-state index contributed by atoms with van der Waals surface area (Å²) in [5.41, 5.74) is 15.1. The van der Waals surface area contributed by atoms with Gasteiger partial charge in [0.15, 0.2) is 11.2 Å². The number of aryl methyl sites for hydroxylation is 4. The standard InChI is InChI=1S/C60H48N2O2/c1-5-13-41-17-9-21-45-47-23-11-25-53(59(47)63-57(41)45)61(43-19-7-15-37(3)35-43)51-33-29-39-28-32-50-52(34-30-40-27-31-49(51)55(39)56(40)50)62(44-20-8-16-38(4)36-44)54-26-12-24-48-46-22-10-18-42(14-6-2)58(46)64-60(48)54/h7-12,15-36H,5-6,13-14H2,1-4H3. The smallest absolute Gasteiger partial charge is 0.159 e. The highest BCUT2D eigenvalue weighted by Crippen LogP contribution is 2.50. The minimum Gasteiger partial charge on any atom is -0.454 e. The van der Waals surface area contributed by atoms with Crippen LogP contribution in [-0.2, 0) is 12.8 Å². The van der Waals surface area contributed by atoms with Crippen molar-refractivity contribution in [2.24, 2.45) is 0 Å². The maximum atomic E-state index is 6.99. The van der Waals surface area contributed by atoms with Gasteiger partial charge in [0.2, 0.25) is 0 Å². The van der Waals surface area contributed by atoms with Gasteiger partial charge < -0.3 is 18.6 Å². The summed E-state index contributed by atoms with van der Waals surface area (Å²) in [5, 5.41) is 11.8. The van der Waals surface area contributed by atoms with Crippen molar-refractivity contribution in [2.75, 3.05) is 9.80 Å². The van der Waals surface area contributed by atoms with Crippen molar-refractivity contribution < 1.29 is 8.83 Å². The zero-order valence-corrected chi connectivity index (χ0v) is 36.7. The molecule has 0 radical (unpaired) electrons. The average Bonchev–Trinajstić information content (AvgIpc) is 3.90. The maximum Gasteiger partial charge on any atom is 0.159 e. The molecule has 0 aliphatic heterocycles. The molecule has 0 saturated heterocycles. The van der Waals surface area contributed by atoms with E-state index in [1.54, 1.807) is 0 Å². The predicted molar refractivity (Wildman–Crippen MR) is 272 cm³/mol. The van der Waals surface area contributed by atoms with Gasteiger partial charge in [0, 0.05) is 43.7 Å². The Morgan fingerprint density at radius 2 is 0.750 bits per heavy atom. The van der Waals surface area contributed by atoms with E-state index < -0.39 is 0 Å². The molecule has 0 aliphatic rings. The quantitative estimate of drug-likeness (QED) is 0.129. The molecule has 12 rings (SSSR count). The third-order valence-electron chi connectivity index (χ3n) is 13.3. The van der Waals surface area contributed by atoms with Crippen LogP contribution < -0.4 is 9.80 Å². The molecule has 2 heterocycles. The number of anilines is 6. The van der Waals surface area contributed by atoms with Gasteiger partial charge in [-0.25, -0.2) is 0 Å². The van der Waals surface area contributed by atoms with Gasteiger partial charge in [0.1, 0.15) is 11.2 Å². The summed E-state index contributed by atoms with van der Waals surface area (Å²) in [7, 11) is 0. The molecule has 310 valence electrons. The van der Waals surface area contributed by atoms with E-state index in [4.69, 9.17) is 8.83 Å². The third kappa shape index (κ3) is 5.89. The average molecular weight is 829 g/mol. The topological polar surface area (TPSA) is 32.8 Å². The van der Waals surface area contributed by atoms with Crippen molar-refractivity contribution in [1.29, 1.82) is 0 Å². The Labute approximate surface area is 372 Å². The molecule has 0 amide bonds. The Morgan fingerprint density at radius 1 is 0.359 bits per heavy atom. The van der Waals surface area contributed by atoms with Crippen molar-refractivity contribution in [1.82, 2.24) is 0 Å². The van der Waals surface area contributed by atoms with Crippen LogP contribution >= 0.6 is 0 Å². The number of hydrogen-bond acceptors (Lipinski definition) is 4. The van der Waals surface area contributed by atoms with Crippen molar-refractivity contribution in [3.63, 3.8) is 0 Å². The Bertz CT molecular complexity index is 3510. The molecular weight excluding hydrogens is 781 g/mol. The lowest BCUT2D eigenvalue weighted by molar-refractivity contribution is 0.661. The van der Waals surface area contributed by atoms with Crippen molar-refractivity contribution in [2.45, 2.75) is 53.4 Å². The normalized spacial score (nSPS) is 12.0. The number of hydrogen-bond donors (Lipinski definition) is 0. The highest BCUT2D eigenvalue weighted by atomic mass is 16.3. The first-order valence-corrected chi connectivity index (χ1v) is 22.8. The van der Waals surface area contributed by atoms with E-state index in [0.29, 0.717) is 0 Å². The maximum absolute atomic E-state index is 6.99. The van der Waals surface area contributed by atoms with Crippen LogP contribution in [0.3, 0.4) is 0 Å². The summed E-state index contributed by atoms with van der Waals surface area (Å²) in [6.45, 7) is 8.80. The van der Waals surface area contributed by atoms with Crippen LogP contribution in [0, 0.1) is 13.8 Å². The lowest BCUT2D eigenvalue weighted by Crippen LogP contribution is -2.12. The second-order valence-electron chi connectivity index (χ2n) is 17.5. The van der Waals surface area contributed by atoms with Gasteiger partial charge in [-0.05, 0) is 119 Å². The molecule has 64 heavy (non-hydrogen) atoms. The van der Waals surface area contributed by atoms with Gasteiger partial charge in [0.05, 0.1) is 22.7 Å². The van der Waals surface area contributed by atoms with Crippen LogP contribution in [0.15, 0.2) is 179 Å². The van der Waals surface area contributed by atoms with Gasteiger partial charge in [-0.15, -0.1) is 0 Å². The van der Waals surface area contributed by atoms with Crippen molar-refractivity contribution >= 4 is 110 Å². The zero-order valence-electron chi connectivity index (χ0n) is 36.7. The number of nitrogens with zero attached hydrogens (tertiary/aromatic N) is 2. The van der Waals surface area contributed by atoms with Crippen LogP contribution in [0.1, 0.15) is 48.9 Å². The molecule has 0 unspecified atom stereocenters. The Balaban J connectivity index is 1.12. The fourth-order valence-electron chi connectivity index (χ4n) is 10.5. The zero-order chi connectivity index (χ0) is 43.1. The summed E-state index contributed by atoms with van der Waals surface area (Å²) in [6.07, 6.45) is 4.06. The molecule has 0 saturated carbocycles. The van der Waals surface area contributed by atoms with E-state index in [9.17, 15) is 0 Å². The number of benzene rings is 10. The molecule has 0 bridgehead atoms. The fraction of sp³-hybridized carbons (Fsp3) is 0.133. The summed E-state index contributed by atoms with van der Waals surface area (Å²) in [4.78, 5) is 4.83. The van der Waals surface area contributed by atoms with Crippen LogP contribution in [0.5, 0.6) is 0 Å².